The average Bonchev–Trinajstić information content (AvgIpc) is 2.14. The summed E-state index contributed by atoms with van der Waals surface area (Å²) in [7, 11) is 0. The summed E-state index contributed by atoms with van der Waals surface area (Å²) in [6.45, 7) is 0. The largest absolute Gasteiger partial charge is 0.435 e. The van der Waals surface area contributed by atoms with Gasteiger partial charge in [0, 0.05) is 0 Å². The number of hydrogen-bond acceptors (Lipinski definition) is 3. The highest BCUT2D eigenvalue weighted by Gasteiger charge is 2.04. The Morgan fingerprint density at radius 1 is 1.89 bits per heavy atom. The topological polar surface area (TPSA) is 69.1 Å². The summed E-state index contributed by atoms with van der Waals surface area (Å²) in [5.74, 6) is -0.648. The summed E-state index contributed by atoms with van der Waals surface area (Å²) in [6.07, 6.45) is 1.10. The fourth-order valence-electron chi connectivity index (χ4n) is 0.365. The number of carbonyl (C=O) groups excluding carboxylic acids is 1. The van der Waals surface area contributed by atoms with Crippen LogP contribution in [0.2, 0.25) is 5.35 Å². The molecule has 1 aromatic rings. The Kier molecular flexibility index (Phi) is 1.40. The van der Waals surface area contributed by atoms with Crippen LogP contribution < -0.4 is 5.73 Å². The number of amides is 1. The van der Waals surface area contributed by atoms with E-state index in [2.05, 4.69) is 9.40 Å². The van der Waals surface area contributed by atoms with Gasteiger partial charge in [-0.25, -0.2) is 0 Å². The second-order valence-corrected chi connectivity index (χ2v) is 1.67. The van der Waals surface area contributed by atoms with E-state index in [1.54, 1.807) is 0 Å². The van der Waals surface area contributed by atoms with Gasteiger partial charge < -0.3 is 10.2 Å². The molecule has 1 aromatic heterocycles. The van der Waals surface area contributed by atoms with Crippen LogP contribution in [0.4, 0.5) is 0 Å². The number of carbonyl (C=O) groups is 1. The van der Waals surface area contributed by atoms with Crippen molar-refractivity contribution in [2.75, 3.05) is 0 Å². The lowest BCUT2D eigenvalue weighted by Crippen LogP contribution is -2.10. The maximum atomic E-state index is 10.3. The van der Waals surface area contributed by atoms with Crippen molar-refractivity contribution in [2.24, 2.45) is 5.73 Å². The van der Waals surface area contributed by atoms with Crippen LogP contribution >= 0.6 is 11.6 Å². The number of nitrogens with two attached hydrogens (primary N) is 1. The molecule has 0 spiro atoms. The van der Waals surface area contributed by atoms with Crippen molar-refractivity contribution < 1.29 is 9.21 Å². The van der Waals surface area contributed by atoms with Gasteiger partial charge in [0.25, 0.3) is 11.3 Å². The molecular weight excluding hydrogens is 144 g/mol. The molecule has 0 atom stereocenters. The number of nitrogens with zero attached hydrogens (tertiary/aromatic N) is 1. The maximum absolute atomic E-state index is 10.3. The van der Waals surface area contributed by atoms with E-state index < -0.39 is 5.91 Å². The lowest BCUT2D eigenvalue weighted by molar-refractivity contribution is 0.0995. The molecule has 0 aromatic carbocycles. The molecule has 0 bridgehead atoms. The highest BCUT2D eigenvalue weighted by atomic mass is 35.5. The van der Waals surface area contributed by atoms with Crippen molar-refractivity contribution in [2.45, 2.75) is 0 Å². The number of primary amides is 1. The van der Waals surface area contributed by atoms with Gasteiger partial charge in [0.2, 0.25) is 0 Å². The predicted octanol–water partition coefficient (Wildman–Crippen LogP) is 0.427. The standard InChI is InChI=1S/C4H3ClN2O2/c5-4-7-2(1-9-4)3(6)8/h1H,(H2,6,8). The molecule has 4 nitrogen and oxygen atoms in total. The average molecular weight is 147 g/mol. The van der Waals surface area contributed by atoms with Crippen LogP contribution in [0.25, 0.3) is 0 Å². The van der Waals surface area contributed by atoms with Crippen LogP contribution in [0.15, 0.2) is 10.7 Å². The highest BCUT2D eigenvalue weighted by Crippen LogP contribution is 2.05. The minimum Gasteiger partial charge on any atom is -0.435 e. The van der Waals surface area contributed by atoms with Crippen LogP contribution in [0, 0.1) is 0 Å². The maximum Gasteiger partial charge on any atom is 0.292 e. The van der Waals surface area contributed by atoms with E-state index in [0.29, 0.717) is 0 Å². The van der Waals surface area contributed by atoms with E-state index in [0.717, 1.165) is 6.26 Å². The minimum absolute atomic E-state index is 0.0417. The van der Waals surface area contributed by atoms with Crippen molar-refractivity contribution in [1.82, 2.24) is 4.98 Å². The summed E-state index contributed by atoms with van der Waals surface area (Å²) >= 11 is 5.22. The van der Waals surface area contributed by atoms with Crippen LogP contribution in [0.1, 0.15) is 10.5 Å². The fraction of sp³-hybridized carbons (Fsp3) is 0. The van der Waals surface area contributed by atoms with Gasteiger partial charge >= 0.3 is 0 Å². The Morgan fingerprint density at radius 2 is 2.56 bits per heavy atom. The molecule has 1 heterocycles. The normalized spacial score (nSPS) is 9.44. The quantitative estimate of drug-likeness (QED) is 0.625. The molecule has 48 valence electrons. The smallest absolute Gasteiger partial charge is 0.292 e. The first kappa shape index (κ1) is 6.10. The van der Waals surface area contributed by atoms with E-state index >= 15 is 0 Å². The van der Waals surface area contributed by atoms with Crippen molar-refractivity contribution in [1.29, 1.82) is 0 Å². The van der Waals surface area contributed by atoms with Gasteiger partial charge in [0.1, 0.15) is 6.26 Å². The SMILES string of the molecule is NC(=O)c1coc(Cl)n1. The molecule has 9 heavy (non-hydrogen) atoms. The molecule has 0 unspecified atom stereocenters. The summed E-state index contributed by atoms with van der Waals surface area (Å²) < 4.78 is 4.48. The Labute approximate surface area is 55.6 Å². The number of halogens is 1. The van der Waals surface area contributed by atoms with E-state index in [-0.39, 0.29) is 11.0 Å². The molecule has 0 saturated heterocycles. The number of hydrogen-bond donors (Lipinski definition) is 1. The Bertz CT molecular complexity index is 232. The van der Waals surface area contributed by atoms with Crippen LogP contribution in [-0.2, 0) is 0 Å². The zero-order valence-corrected chi connectivity index (χ0v) is 5.05. The van der Waals surface area contributed by atoms with Crippen molar-refractivity contribution in [3.05, 3.63) is 17.3 Å². The number of rotatable bonds is 1. The van der Waals surface area contributed by atoms with E-state index in [4.69, 9.17) is 17.3 Å². The van der Waals surface area contributed by atoms with Crippen molar-refractivity contribution in [3.63, 3.8) is 0 Å². The second kappa shape index (κ2) is 2.06. The van der Waals surface area contributed by atoms with Crippen LogP contribution in [-0.4, -0.2) is 10.9 Å². The second-order valence-electron chi connectivity index (χ2n) is 1.35. The van der Waals surface area contributed by atoms with Gasteiger partial charge in [-0.2, -0.15) is 4.98 Å². The van der Waals surface area contributed by atoms with E-state index in [1.807, 2.05) is 0 Å². The van der Waals surface area contributed by atoms with E-state index in [1.165, 1.54) is 0 Å². The Balaban J connectivity index is 2.98. The highest BCUT2D eigenvalue weighted by molar-refractivity contribution is 6.27. The molecule has 1 amide bonds. The summed E-state index contributed by atoms with van der Waals surface area (Å²) in [4.78, 5) is 13.7. The van der Waals surface area contributed by atoms with Gasteiger partial charge in [0.05, 0.1) is 0 Å². The van der Waals surface area contributed by atoms with Crippen LogP contribution in [0.5, 0.6) is 0 Å². The molecular formula is C4H3ClN2O2. The number of oxazole rings is 1. The zero-order chi connectivity index (χ0) is 6.85. The third-order valence-electron chi connectivity index (χ3n) is 0.729. The summed E-state index contributed by atoms with van der Waals surface area (Å²) in [5, 5.41) is -0.0798. The zero-order valence-electron chi connectivity index (χ0n) is 4.30. The molecule has 0 aliphatic heterocycles. The van der Waals surface area contributed by atoms with Gasteiger partial charge in [-0.1, -0.05) is 0 Å². The van der Waals surface area contributed by atoms with Crippen LogP contribution in [0.3, 0.4) is 0 Å². The molecule has 0 radical (unpaired) electrons. The van der Waals surface area contributed by atoms with Gasteiger partial charge in [-0.3, -0.25) is 4.79 Å². The Morgan fingerprint density at radius 3 is 2.78 bits per heavy atom. The van der Waals surface area contributed by atoms with Crippen molar-refractivity contribution >= 4 is 17.5 Å². The molecule has 1 rings (SSSR count). The molecule has 5 heteroatoms. The van der Waals surface area contributed by atoms with Gasteiger partial charge in [0.15, 0.2) is 5.69 Å². The minimum atomic E-state index is -0.648. The number of aromatic nitrogens is 1. The monoisotopic (exact) mass is 146 g/mol. The molecule has 0 saturated carbocycles. The fourth-order valence-corrected chi connectivity index (χ4v) is 0.501. The lowest BCUT2D eigenvalue weighted by atomic mass is 10.5. The van der Waals surface area contributed by atoms with Gasteiger partial charge in [-0.15, -0.1) is 0 Å². The first-order chi connectivity index (χ1) is 4.20. The van der Waals surface area contributed by atoms with Crippen molar-refractivity contribution in [3.8, 4) is 0 Å². The third kappa shape index (κ3) is 1.20. The molecule has 0 aliphatic rings. The summed E-state index contributed by atoms with van der Waals surface area (Å²) in [6, 6.07) is 0. The Hall–Kier alpha value is -1.03. The third-order valence-corrected chi connectivity index (χ3v) is 0.902. The molecule has 2 N–H and O–H groups in total. The molecule has 0 aliphatic carbocycles. The van der Waals surface area contributed by atoms with E-state index in [9.17, 15) is 4.79 Å². The lowest BCUT2D eigenvalue weighted by Gasteiger charge is -1.77. The predicted molar refractivity (Wildman–Crippen MR) is 30.0 cm³/mol. The first-order valence-corrected chi connectivity index (χ1v) is 2.49. The van der Waals surface area contributed by atoms with Gasteiger partial charge in [-0.05, 0) is 11.6 Å². The summed E-state index contributed by atoms with van der Waals surface area (Å²) in [5.41, 5.74) is 4.85. The molecule has 0 fully saturated rings. The first-order valence-electron chi connectivity index (χ1n) is 2.11.